The molecule has 0 fully saturated rings. The van der Waals surface area contributed by atoms with Gasteiger partial charge in [-0.2, -0.15) is 0 Å². The van der Waals surface area contributed by atoms with Crippen molar-refractivity contribution < 1.29 is 13.7 Å². The Kier molecular flexibility index (Phi) is 2.86. The predicted octanol–water partition coefficient (Wildman–Crippen LogP) is 2.69. The monoisotopic (exact) mass is 252 g/mol. The molecule has 7 heteroatoms. The van der Waals surface area contributed by atoms with Crippen LogP contribution in [0.2, 0.25) is 0 Å². The van der Waals surface area contributed by atoms with E-state index in [1.54, 1.807) is 0 Å². The summed E-state index contributed by atoms with van der Waals surface area (Å²) < 4.78 is 24.1. The van der Waals surface area contributed by atoms with Gasteiger partial charge in [0.2, 0.25) is 0 Å². The van der Waals surface area contributed by atoms with E-state index in [0.717, 1.165) is 12.3 Å². The van der Waals surface area contributed by atoms with Gasteiger partial charge in [0.05, 0.1) is 9.40 Å². The summed E-state index contributed by atoms with van der Waals surface area (Å²) in [5.74, 6) is 0. The molecule has 1 rings (SSSR count). The molecule has 1 heterocycles. The summed E-state index contributed by atoms with van der Waals surface area (Å²) in [7, 11) is 0. The molecule has 0 N–H and O–H groups in total. The molecule has 1 aromatic heterocycles. The lowest BCUT2D eigenvalue weighted by Crippen LogP contribution is -1.95. The summed E-state index contributed by atoms with van der Waals surface area (Å²) in [6.07, 6.45) is -1.94. The smallest absolute Gasteiger partial charge is 0.258 e. The molecule has 0 bridgehead atoms. The first-order valence-electron chi connectivity index (χ1n) is 3.10. The van der Waals surface area contributed by atoms with Gasteiger partial charge in [-0.25, -0.2) is 13.8 Å². The summed E-state index contributed by atoms with van der Waals surface area (Å²) in [6.45, 7) is 0. The van der Waals surface area contributed by atoms with Crippen LogP contribution < -0.4 is 0 Å². The van der Waals surface area contributed by atoms with Crippen LogP contribution in [0.15, 0.2) is 16.7 Å². The summed E-state index contributed by atoms with van der Waals surface area (Å²) in [4.78, 5) is 12.8. The van der Waals surface area contributed by atoms with Crippen molar-refractivity contribution in [2.45, 2.75) is 6.43 Å². The van der Waals surface area contributed by atoms with Crippen LogP contribution >= 0.6 is 15.9 Å². The SMILES string of the molecule is O=[N+]([O-])c1cnc(C(F)F)c(Br)c1. The van der Waals surface area contributed by atoms with Gasteiger partial charge in [0, 0.05) is 6.07 Å². The fraction of sp³-hybridized carbons (Fsp3) is 0.167. The van der Waals surface area contributed by atoms with Crippen LogP contribution in [-0.2, 0) is 0 Å². The zero-order valence-corrected chi connectivity index (χ0v) is 7.66. The second-order valence-electron chi connectivity index (χ2n) is 2.12. The van der Waals surface area contributed by atoms with Crippen LogP contribution in [0.5, 0.6) is 0 Å². The van der Waals surface area contributed by atoms with Gasteiger partial charge >= 0.3 is 0 Å². The van der Waals surface area contributed by atoms with Gasteiger partial charge in [-0.3, -0.25) is 10.1 Å². The third-order valence-corrected chi connectivity index (χ3v) is 1.91. The van der Waals surface area contributed by atoms with Crippen molar-refractivity contribution in [1.29, 1.82) is 0 Å². The van der Waals surface area contributed by atoms with Crippen molar-refractivity contribution in [1.82, 2.24) is 4.98 Å². The maximum absolute atomic E-state index is 12.1. The molecule has 1 aromatic rings. The molecule has 0 atom stereocenters. The Bertz CT molecular complexity index is 345. The Morgan fingerprint density at radius 3 is 2.62 bits per heavy atom. The van der Waals surface area contributed by atoms with E-state index in [2.05, 4.69) is 20.9 Å². The van der Waals surface area contributed by atoms with Gasteiger partial charge in [0.1, 0.15) is 11.9 Å². The van der Waals surface area contributed by atoms with Gasteiger partial charge in [-0.05, 0) is 15.9 Å². The van der Waals surface area contributed by atoms with Gasteiger partial charge in [0.15, 0.2) is 0 Å². The molecule has 70 valence electrons. The first-order chi connectivity index (χ1) is 6.02. The molecule has 0 spiro atoms. The second-order valence-corrected chi connectivity index (χ2v) is 2.97. The predicted molar refractivity (Wildman–Crippen MR) is 43.5 cm³/mol. The molecular formula is C6H3BrF2N2O2. The average molecular weight is 253 g/mol. The van der Waals surface area contributed by atoms with E-state index in [1.165, 1.54) is 0 Å². The molecule has 0 aliphatic heterocycles. The van der Waals surface area contributed by atoms with Crippen LogP contribution in [-0.4, -0.2) is 9.91 Å². The summed E-state index contributed by atoms with van der Waals surface area (Å²) in [6, 6.07) is 0.995. The van der Waals surface area contributed by atoms with Crippen molar-refractivity contribution >= 4 is 21.6 Å². The van der Waals surface area contributed by atoms with E-state index in [-0.39, 0.29) is 10.2 Å². The van der Waals surface area contributed by atoms with E-state index in [4.69, 9.17) is 0 Å². The molecule has 0 saturated heterocycles. The fourth-order valence-electron chi connectivity index (χ4n) is 0.699. The number of hydrogen-bond donors (Lipinski definition) is 0. The molecule has 13 heavy (non-hydrogen) atoms. The minimum Gasteiger partial charge on any atom is -0.258 e. The number of pyridine rings is 1. The van der Waals surface area contributed by atoms with Crippen molar-refractivity contribution in [3.05, 3.63) is 32.5 Å². The first kappa shape index (κ1) is 9.97. The van der Waals surface area contributed by atoms with E-state index in [0.29, 0.717) is 0 Å². The molecule has 0 aliphatic carbocycles. The Labute approximate surface area is 79.9 Å². The standard InChI is InChI=1S/C6H3BrF2N2O2/c7-4-1-3(11(12)13)2-10-5(4)6(8)9/h1-2,6H. The highest BCUT2D eigenvalue weighted by Crippen LogP contribution is 2.27. The highest BCUT2D eigenvalue weighted by atomic mass is 79.9. The second kappa shape index (κ2) is 3.73. The number of alkyl halides is 2. The lowest BCUT2D eigenvalue weighted by Gasteiger charge is -2.00. The van der Waals surface area contributed by atoms with Gasteiger partial charge < -0.3 is 0 Å². The first-order valence-corrected chi connectivity index (χ1v) is 3.89. The van der Waals surface area contributed by atoms with Crippen molar-refractivity contribution in [3.8, 4) is 0 Å². The molecular weight excluding hydrogens is 250 g/mol. The van der Waals surface area contributed by atoms with E-state index < -0.39 is 17.0 Å². The number of hydrogen-bond acceptors (Lipinski definition) is 3. The molecule has 0 amide bonds. The van der Waals surface area contributed by atoms with Crippen LogP contribution in [0.4, 0.5) is 14.5 Å². The van der Waals surface area contributed by atoms with Crippen molar-refractivity contribution in [2.24, 2.45) is 0 Å². The summed E-state index contributed by atoms with van der Waals surface area (Å²) in [5, 5.41) is 10.2. The van der Waals surface area contributed by atoms with Gasteiger partial charge in [-0.15, -0.1) is 0 Å². The quantitative estimate of drug-likeness (QED) is 0.601. The van der Waals surface area contributed by atoms with E-state index in [1.807, 2.05) is 0 Å². The van der Waals surface area contributed by atoms with Crippen molar-refractivity contribution in [3.63, 3.8) is 0 Å². The highest BCUT2D eigenvalue weighted by Gasteiger charge is 2.16. The van der Waals surface area contributed by atoms with E-state index in [9.17, 15) is 18.9 Å². The molecule has 0 saturated carbocycles. The zero-order chi connectivity index (χ0) is 10.0. The lowest BCUT2D eigenvalue weighted by molar-refractivity contribution is -0.385. The maximum Gasteiger partial charge on any atom is 0.288 e. The third-order valence-electron chi connectivity index (χ3n) is 1.27. The normalized spacial score (nSPS) is 10.5. The molecule has 0 radical (unpaired) electrons. The van der Waals surface area contributed by atoms with Gasteiger partial charge in [0.25, 0.3) is 12.1 Å². The molecule has 0 unspecified atom stereocenters. The lowest BCUT2D eigenvalue weighted by atomic mass is 10.3. The Morgan fingerprint density at radius 2 is 2.23 bits per heavy atom. The third kappa shape index (κ3) is 2.18. The van der Waals surface area contributed by atoms with Crippen LogP contribution in [0.1, 0.15) is 12.1 Å². The minimum absolute atomic E-state index is 0.0586. The topological polar surface area (TPSA) is 56.0 Å². The summed E-state index contributed by atoms with van der Waals surface area (Å²) >= 11 is 2.77. The molecule has 0 aromatic carbocycles. The van der Waals surface area contributed by atoms with E-state index >= 15 is 0 Å². The Morgan fingerprint density at radius 1 is 1.62 bits per heavy atom. The minimum atomic E-state index is -2.74. The average Bonchev–Trinajstić information content (AvgIpc) is 2.03. The Balaban J connectivity index is 3.13. The van der Waals surface area contributed by atoms with Crippen molar-refractivity contribution in [2.75, 3.05) is 0 Å². The largest absolute Gasteiger partial charge is 0.288 e. The van der Waals surface area contributed by atoms with Gasteiger partial charge in [-0.1, -0.05) is 0 Å². The maximum atomic E-state index is 12.1. The van der Waals surface area contributed by atoms with Crippen LogP contribution in [0, 0.1) is 10.1 Å². The van der Waals surface area contributed by atoms with Crippen LogP contribution in [0.3, 0.4) is 0 Å². The number of aromatic nitrogens is 1. The number of rotatable bonds is 2. The zero-order valence-electron chi connectivity index (χ0n) is 6.08. The fourth-order valence-corrected chi connectivity index (χ4v) is 1.21. The number of nitrogens with zero attached hydrogens (tertiary/aromatic N) is 2. The summed E-state index contributed by atoms with van der Waals surface area (Å²) in [5.41, 5.74) is -0.818. The Hall–Kier alpha value is -1.11. The number of halogens is 3. The number of nitro groups is 1. The highest BCUT2D eigenvalue weighted by molar-refractivity contribution is 9.10. The molecule has 0 aliphatic rings. The molecule has 4 nitrogen and oxygen atoms in total. The van der Waals surface area contributed by atoms with Crippen LogP contribution in [0.25, 0.3) is 0 Å².